The van der Waals surface area contributed by atoms with Crippen LogP contribution in [-0.2, 0) is 0 Å². The van der Waals surface area contributed by atoms with Crippen molar-refractivity contribution in [3.63, 3.8) is 0 Å². The molecule has 132 valence electrons. The van der Waals surface area contributed by atoms with Crippen molar-refractivity contribution in [3.05, 3.63) is 0 Å². The van der Waals surface area contributed by atoms with Gasteiger partial charge in [0.25, 0.3) is 0 Å². The lowest BCUT2D eigenvalue weighted by Crippen LogP contribution is -2.51. The number of guanidine groups is 1. The summed E-state index contributed by atoms with van der Waals surface area (Å²) in [6.07, 6.45) is 11.0. The molecule has 3 aliphatic rings. The number of likely N-dealkylation sites (tertiary alicyclic amines) is 1. The summed E-state index contributed by atoms with van der Waals surface area (Å²) < 4.78 is 0. The first-order valence-corrected chi connectivity index (χ1v) is 9.70. The number of hydrogen-bond acceptors (Lipinski definition) is 3. The van der Waals surface area contributed by atoms with Crippen LogP contribution in [-0.4, -0.2) is 59.8 Å². The predicted molar refractivity (Wildman–Crippen MR) is 94.8 cm³/mol. The molecule has 3 rings (SSSR count). The molecule has 23 heavy (non-hydrogen) atoms. The van der Waals surface area contributed by atoms with Crippen molar-refractivity contribution in [2.45, 2.75) is 82.4 Å². The number of hydrogen-bond donors (Lipinski definition) is 3. The Morgan fingerprint density at radius 1 is 1.13 bits per heavy atom. The van der Waals surface area contributed by atoms with Gasteiger partial charge in [-0.25, -0.2) is 0 Å². The average molecular weight is 322 g/mol. The summed E-state index contributed by atoms with van der Waals surface area (Å²) >= 11 is 0. The molecule has 0 aromatic heterocycles. The standard InChI is InChI=1S/C18H34N4O/c1-2-19-17(20-14-18(23)10-5-11-18)21-15-8-12-22(13-9-15)16-6-3-4-7-16/h15-16,23H,2-14H2,1H3,(H2,19,20,21). The minimum absolute atomic E-state index is 0.515. The van der Waals surface area contributed by atoms with E-state index < -0.39 is 5.60 Å². The lowest BCUT2D eigenvalue weighted by atomic mass is 9.80. The van der Waals surface area contributed by atoms with Gasteiger partial charge in [0.1, 0.15) is 0 Å². The van der Waals surface area contributed by atoms with E-state index in [2.05, 4.69) is 27.4 Å². The predicted octanol–water partition coefficient (Wildman–Crippen LogP) is 1.86. The minimum Gasteiger partial charge on any atom is -0.388 e. The molecule has 0 unspecified atom stereocenters. The number of aliphatic imine (C=N–C) groups is 1. The molecule has 0 aromatic carbocycles. The quantitative estimate of drug-likeness (QED) is 0.534. The highest BCUT2D eigenvalue weighted by atomic mass is 16.3. The highest BCUT2D eigenvalue weighted by molar-refractivity contribution is 5.80. The molecule has 3 fully saturated rings. The van der Waals surface area contributed by atoms with E-state index in [0.29, 0.717) is 12.6 Å². The molecule has 0 atom stereocenters. The van der Waals surface area contributed by atoms with Crippen LogP contribution in [0, 0.1) is 0 Å². The first kappa shape index (κ1) is 17.0. The first-order valence-electron chi connectivity index (χ1n) is 9.70. The van der Waals surface area contributed by atoms with Crippen LogP contribution in [0.25, 0.3) is 0 Å². The van der Waals surface area contributed by atoms with Crippen molar-refractivity contribution in [3.8, 4) is 0 Å². The van der Waals surface area contributed by atoms with Crippen molar-refractivity contribution in [2.75, 3.05) is 26.2 Å². The van der Waals surface area contributed by atoms with Gasteiger partial charge in [0.2, 0.25) is 0 Å². The summed E-state index contributed by atoms with van der Waals surface area (Å²) in [5, 5.41) is 17.1. The van der Waals surface area contributed by atoms with Crippen molar-refractivity contribution < 1.29 is 5.11 Å². The first-order chi connectivity index (χ1) is 11.2. The van der Waals surface area contributed by atoms with Gasteiger partial charge < -0.3 is 20.6 Å². The zero-order valence-corrected chi connectivity index (χ0v) is 14.7. The van der Waals surface area contributed by atoms with Gasteiger partial charge in [-0.15, -0.1) is 0 Å². The summed E-state index contributed by atoms with van der Waals surface area (Å²) in [6, 6.07) is 1.37. The molecule has 0 radical (unpaired) electrons. The van der Waals surface area contributed by atoms with Gasteiger partial charge in [-0.05, 0) is 51.9 Å². The second kappa shape index (κ2) is 7.84. The summed E-state index contributed by atoms with van der Waals surface area (Å²) in [5.74, 6) is 0.882. The SMILES string of the molecule is CCNC(=NCC1(O)CCC1)NC1CCN(C2CCCC2)CC1. The maximum atomic E-state index is 10.2. The number of piperidine rings is 1. The Labute approximate surface area is 140 Å². The maximum absolute atomic E-state index is 10.2. The highest BCUT2D eigenvalue weighted by Gasteiger charge is 2.34. The number of nitrogens with zero attached hydrogens (tertiary/aromatic N) is 2. The van der Waals surface area contributed by atoms with E-state index in [1.54, 1.807) is 0 Å². The van der Waals surface area contributed by atoms with Gasteiger partial charge in [-0.2, -0.15) is 0 Å². The minimum atomic E-state index is -0.534. The van der Waals surface area contributed by atoms with Crippen molar-refractivity contribution in [1.29, 1.82) is 0 Å². The van der Waals surface area contributed by atoms with Gasteiger partial charge >= 0.3 is 0 Å². The third-order valence-electron chi connectivity index (χ3n) is 5.87. The Morgan fingerprint density at radius 2 is 1.83 bits per heavy atom. The summed E-state index contributed by atoms with van der Waals surface area (Å²) in [5.41, 5.74) is -0.534. The molecule has 1 aliphatic heterocycles. The van der Waals surface area contributed by atoms with Crippen LogP contribution in [0.5, 0.6) is 0 Å². The van der Waals surface area contributed by atoms with E-state index in [-0.39, 0.29) is 0 Å². The third-order valence-corrected chi connectivity index (χ3v) is 5.87. The molecule has 2 aliphatic carbocycles. The zero-order valence-electron chi connectivity index (χ0n) is 14.7. The van der Waals surface area contributed by atoms with Crippen molar-refractivity contribution >= 4 is 5.96 Å². The van der Waals surface area contributed by atoms with Crippen LogP contribution in [0.1, 0.15) is 64.7 Å². The van der Waals surface area contributed by atoms with Crippen molar-refractivity contribution in [2.24, 2.45) is 4.99 Å². The molecule has 1 heterocycles. The molecule has 1 saturated heterocycles. The highest BCUT2D eigenvalue weighted by Crippen LogP contribution is 2.31. The Balaban J connectivity index is 1.45. The molecule has 2 saturated carbocycles. The molecule has 5 nitrogen and oxygen atoms in total. The van der Waals surface area contributed by atoms with E-state index in [9.17, 15) is 5.11 Å². The van der Waals surface area contributed by atoms with Crippen LogP contribution in [0.15, 0.2) is 4.99 Å². The summed E-state index contributed by atoms with van der Waals surface area (Å²) in [6.45, 7) is 5.92. The lowest BCUT2D eigenvalue weighted by Gasteiger charge is -2.37. The molecular formula is C18H34N4O. The topological polar surface area (TPSA) is 59.9 Å². The molecule has 3 N–H and O–H groups in total. The second-order valence-electron chi connectivity index (χ2n) is 7.67. The average Bonchev–Trinajstić information content (AvgIpc) is 3.06. The number of nitrogens with one attached hydrogen (secondary N) is 2. The van der Waals surface area contributed by atoms with Crippen LogP contribution < -0.4 is 10.6 Å². The zero-order chi connectivity index (χ0) is 16.1. The fourth-order valence-corrected chi connectivity index (χ4v) is 4.16. The second-order valence-corrected chi connectivity index (χ2v) is 7.67. The maximum Gasteiger partial charge on any atom is 0.191 e. The Kier molecular flexibility index (Phi) is 5.81. The van der Waals surface area contributed by atoms with Gasteiger partial charge in [0, 0.05) is 31.7 Å². The normalized spacial score (nSPS) is 27.0. The van der Waals surface area contributed by atoms with Crippen LogP contribution >= 0.6 is 0 Å². The van der Waals surface area contributed by atoms with E-state index in [1.165, 1.54) is 51.6 Å². The van der Waals surface area contributed by atoms with Crippen LogP contribution in [0.4, 0.5) is 0 Å². The van der Waals surface area contributed by atoms with E-state index in [1.807, 2.05) is 0 Å². The fraction of sp³-hybridized carbons (Fsp3) is 0.944. The third kappa shape index (κ3) is 4.60. The van der Waals surface area contributed by atoms with Crippen LogP contribution in [0.2, 0.25) is 0 Å². The van der Waals surface area contributed by atoms with E-state index in [4.69, 9.17) is 0 Å². The molecular weight excluding hydrogens is 288 g/mol. The molecule has 0 spiro atoms. The summed E-state index contributed by atoms with van der Waals surface area (Å²) in [7, 11) is 0. The number of rotatable bonds is 5. The lowest BCUT2D eigenvalue weighted by molar-refractivity contribution is -0.0236. The molecule has 0 bridgehead atoms. The molecule has 0 aromatic rings. The monoisotopic (exact) mass is 322 g/mol. The van der Waals surface area contributed by atoms with E-state index >= 15 is 0 Å². The Morgan fingerprint density at radius 3 is 2.39 bits per heavy atom. The molecule has 0 amide bonds. The Bertz CT molecular complexity index is 394. The van der Waals surface area contributed by atoms with Gasteiger partial charge in [-0.3, -0.25) is 4.99 Å². The van der Waals surface area contributed by atoms with Gasteiger partial charge in [0.15, 0.2) is 5.96 Å². The fourth-order valence-electron chi connectivity index (χ4n) is 4.16. The van der Waals surface area contributed by atoms with Crippen LogP contribution in [0.3, 0.4) is 0 Å². The van der Waals surface area contributed by atoms with E-state index in [0.717, 1.165) is 37.8 Å². The van der Waals surface area contributed by atoms with Gasteiger partial charge in [0.05, 0.1) is 12.1 Å². The summed E-state index contributed by atoms with van der Waals surface area (Å²) in [4.78, 5) is 7.33. The smallest absolute Gasteiger partial charge is 0.191 e. The largest absolute Gasteiger partial charge is 0.388 e. The van der Waals surface area contributed by atoms with Crippen molar-refractivity contribution in [1.82, 2.24) is 15.5 Å². The van der Waals surface area contributed by atoms with Gasteiger partial charge in [-0.1, -0.05) is 12.8 Å². The Hall–Kier alpha value is -0.810. The number of aliphatic hydroxyl groups is 1. The molecule has 5 heteroatoms.